The van der Waals surface area contributed by atoms with E-state index < -0.39 is 49.7 Å². The molecular weight excluding hydrogens is 592 g/mol. The number of esters is 2. The van der Waals surface area contributed by atoms with Crippen molar-refractivity contribution in [2.24, 2.45) is 11.8 Å². The molecule has 0 fully saturated rings. The molecule has 46 heavy (non-hydrogen) atoms. The smallest absolute Gasteiger partial charge is 0.341 e. The molecule has 1 aromatic carbocycles. The zero-order valence-electron chi connectivity index (χ0n) is 30.1. The Morgan fingerprint density at radius 3 is 1.22 bits per heavy atom. The minimum absolute atomic E-state index is 0.0398. The lowest BCUT2D eigenvalue weighted by atomic mass is 10.0. The van der Waals surface area contributed by atoms with Crippen LogP contribution in [0.15, 0.2) is 24.3 Å². The number of carbonyl (C=O) groups is 2. The highest BCUT2D eigenvalue weighted by Crippen LogP contribution is 2.18. The standard InChI is InChI=1S/C36H62O10/c1-11-15-19-31(13-3)23-39-25(5)41-27(7)43-29(9)45-35(37)33-21-17-18-22-34(33)36(38)46-30(10)44-28(8)42-26(6)40-24-32(14-4)20-16-12-2/h17-18,21-22,25-32H,11-16,19-20,23-24H2,1-10H3. The molecule has 0 spiro atoms. The molecular formula is C36H62O10. The minimum Gasteiger partial charge on any atom is -0.432 e. The van der Waals surface area contributed by atoms with Crippen molar-refractivity contribution >= 4 is 11.9 Å². The second-order valence-corrected chi connectivity index (χ2v) is 11.8. The molecule has 0 amide bonds. The van der Waals surface area contributed by atoms with Gasteiger partial charge in [0, 0.05) is 0 Å². The second-order valence-electron chi connectivity index (χ2n) is 11.8. The normalized spacial score (nSPS) is 16.9. The fourth-order valence-corrected chi connectivity index (χ4v) is 4.88. The van der Waals surface area contributed by atoms with Crippen LogP contribution in [-0.4, -0.2) is 62.9 Å². The van der Waals surface area contributed by atoms with Crippen LogP contribution in [0.5, 0.6) is 0 Å². The van der Waals surface area contributed by atoms with Crippen molar-refractivity contribution in [3.63, 3.8) is 0 Å². The van der Waals surface area contributed by atoms with Gasteiger partial charge in [-0.15, -0.1) is 0 Å². The van der Waals surface area contributed by atoms with E-state index in [1.54, 1.807) is 39.8 Å². The van der Waals surface area contributed by atoms with Gasteiger partial charge in [-0.25, -0.2) is 9.59 Å². The zero-order chi connectivity index (χ0) is 34.5. The first-order valence-corrected chi connectivity index (χ1v) is 17.3. The van der Waals surface area contributed by atoms with Crippen molar-refractivity contribution in [1.29, 1.82) is 0 Å². The van der Waals surface area contributed by atoms with Crippen LogP contribution >= 0.6 is 0 Å². The lowest BCUT2D eigenvalue weighted by molar-refractivity contribution is -0.272. The molecule has 1 aromatic rings. The van der Waals surface area contributed by atoms with Gasteiger partial charge in [-0.05, 0) is 78.4 Å². The summed E-state index contributed by atoms with van der Waals surface area (Å²) in [4.78, 5) is 26.0. The lowest BCUT2D eigenvalue weighted by Crippen LogP contribution is -2.30. The lowest BCUT2D eigenvalue weighted by Gasteiger charge is -2.25. The molecule has 0 aliphatic carbocycles. The molecule has 1 rings (SSSR count). The Bertz CT molecular complexity index is 881. The highest BCUT2D eigenvalue weighted by Gasteiger charge is 2.25. The molecule has 10 heteroatoms. The summed E-state index contributed by atoms with van der Waals surface area (Å²) in [5, 5.41) is 0. The van der Waals surface area contributed by atoms with Crippen molar-refractivity contribution < 1.29 is 47.5 Å². The van der Waals surface area contributed by atoms with Crippen LogP contribution in [0.2, 0.25) is 0 Å². The molecule has 0 saturated heterocycles. The Morgan fingerprint density at radius 1 is 0.543 bits per heavy atom. The number of unbranched alkanes of at least 4 members (excludes halogenated alkanes) is 2. The van der Waals surface area contributed by atoms with Crippen LogP contribution < -0.4 is 0 Å². The van der Waals surface area contributed by atoms with Gasteiger partial charge in [0.2, 0.25) is 12.6 Å². The van der Waals surface area contributed by atoms with Gasteiger partial charge in [0.05, 0.1) is 24.3 Å². The summed E-state index contributed by atoms with van der Waals surface area (Å²) in [6.07, 6.45) is 4.76. The third-order valence-electron chi connectivity index (χ3n) is 7.67. The van der Waals surface area contributed by atoms with Crippen molar-refractivity contribution in [1.82, 2.24) is 0 Å². The van der Waals surface area contributed by atoms with Gasteiger partial charge in [0.1, 0.15) is 0 Å². The van der Waals surface area contributed by atoms with E-state index >= 15 is 0 Å². The zero-order valence-corrected chi connectivity index (χ0v) is 30.1. The van der Waals surface area contributed by atoms with Crippen LogP contribution in [0.3, 0.4) is 0 Å². The van der Waals surface area contributed by atoms with E-state index in [0.29, 0.717) is 25.0 Å². The van der Waals surface area contributed by atoms with Gasteiger partial charge >= 0.3 is 11.9 Å². The number of rotatable bonds is 26. The fraction of sp³-hybridized carbons (Fsp3) is 0.778. The molecule has 8 atom stereocenters. The van der Waals surface area contributed by atoms with E-state index in [0.717, 1.165) is 38.5 Å². The third kappa shape index (κ3) is 17.7. The molecule has 10 nitrogen and oxygen atoms in total. The molecule has 0 bridgehead atoms. The highest BCUT2D eigenvalue weighted by atomic mass is 16.8. The van der Waals surface area contributed by atoms with Gasteiger partial charge in [-0.3, -0.25) is 0 Å². The monoisotopic (exact) mass is 654 g/mol. The summed E-state index contributed by atoms with van der Waals surface area (Å²) in [5.41, 5.74) is 0.0796. The van der Waals surface area contributed by atoms with Gasteiger partial charge in [0.25, 0.3) is 0 Å². The summed E-state index contributed by atoms with van der Waals surface area (Å²) >= 11 is 0. The van der Waals surface area contributed by atoms with E-state index in [9.17, 15) is 9.59 Å². The summed E-state index contributed by atoms with van der Waals surface area (Å²) in [7, 11) is 0. The second kappa shape index (κ2) is 24.1. The van der Waals surface area contributed by atoms with Gasteiger partial charge in [-0.1, -0.05) is 78.4 Å². The molecule has 8 unspecified atom stereocenters. The van der Waals surface area contributed by atoms with Gasteiger partial charge in [0.15, 0.2) is 25.2 Å². The highest BCUT2D eigenvalue weighted by molar-refractivity contribution is 6.03. The van der Waals surface area contributed by atoms with E-state index in [1.165, 1.54) is 25.0 Å². The minimum atomic E-state index is -0.949. The maximum Gasteiger partial charge on any atom is 0.341 e. The summed E-state index contributed by atoms with van der Waals surface area (Å²) < 4.78 is 45.6. The number of carbonyl (C=O) groups excluding carboxylic acids is 2. The van der Waals surface area contributed by atoms with E-state index in [1.807, 2.05) is 13.8 Å². The fourth-order valence-electron chi connectivity index (χ4n) is 4.88. The molecule has 0 aliphatic rings. The number of hydrogen-bond donors (Lipinski definition) is 0. The Hall–Kier alpha value is -2.08. The maximum absolute atomic E-state index is 13.0. The first-order chi connectivity index (χ1) is 21.9. The SMILES string of the molecule is CCCCC(CC)COC(C)OC(C)OC(C)OC(=O)c1ccccc1C(=O)OC(C)OC(C)OC(C)OCC(CC)CCCC. The van der Waals surface area contributed by atoms with Gasteiger partial charge in [-0.2, -0.15) is 0 Å². The van der Waals surface area contributed by atoms with Crippen molar-refractivity contribution in [2.45, 2.75) is 158 Å². The van der Waals surface area contributed by atoms with Crippen molar-refractivity contribution in [3.8, 4) is 0 Å². The van der Waals surface area contributed by atoms with Gasteiger partial charge < -0.3 is 37.9 Å². The summed E-state index contributed by atoms with van der Waals surface area (Å²) in [6, 6.07) is 6.25. The average Bonchev–Trinajstić information content (AvgIpc) is 3.00. The predicted octanol–water partition coefficient (Wildman–Crippen LogP) is 8.61. The first kappa shape index (κ1) is 41.9. The van der Waals surface area contributed by atoms with Crippen LogP contribution in [0.4, 0.5) is 0 Å². The van der Waals surface area contributed by atoms with Crippen LogP contribution in [0, 0.1) is 11.8 Å². The molecule has 0 aliphatic heterocycles. The van der Waals surface area contributed by atoms with Crippen LogP contribution in [-0.2, 0) is 37.9 Å². The van der Waals surface area contributed by atoms with Crippen LogP contribution in [0.1, 0.15) is 141 Å². The number of hydrogen-bond acceptors (Lipinski definition) is 10. The Balaban J connectivity index is 2.58. The Morgan fingerprint density at radius 2 is 0.891 bits per heavy atom. The molecule has 0 N–H and O–H groups in total. The molecule has 0 aromatic heterocycles. The molecule has 266 valence electrons. The maximum atomic E-state index is 13.0. The largest absolute Gasteiger partial charge is 0.432 e. The molecule has 0 radical (unpaired) electrons. The average molecular weight is 655 g/mol. The number of benzene rings is 1. The van der Waals surface area contributed by atoms with E-state index in [-0.39, 0.29) is 11.1 Å². The summed E-state index contributed by atoms with van der Waals surface area (Å²) in [6.45, 7) is 20.1. The van der Waals surface area contributed by atoms with Crippen molar-refractivity contribution in [3.05, 3.63) is 35.4 Å². The summed E-state index contributed by atoms with van der Waals surface area (Å²) in [5.74, 6) is -0.498. The Kier molecular flexibility index (Phi) is 22.0. The molecule has 0 heterocycles. The topological polar surface area (TPSA) is 108 Å². The van der Waals surface area contributed by atoms with E-state index in [4.69, 9.17) is 37.9 Å². The van der Waals surface area contributed by atoms with E-state index in [2.05, 4.69) is 27.7 Å². The number of ether oxygens (including phenoxy) is 8. The molecule has 0 saturated carbocycles. The quantitative estimate of drug-likeness (QED) is 0.0712. The predicted molar refractivity (Wildman–Crippen MR) is 177 cm³/mol. The van der Waals surface area contributed by atoms with Crippen molar-refractivity contribution in [2.75, 3.05) is 13.2 Å². The first-order valence-electron chi connectivity index (χ1n) is 17.3. The third-order valence-corrected chi connectivity index (χ3v) is 7.67. The Labute approximate surface area is 278 Å². The van der Waals surface area contributed by atoms with Crippen LogP contribution in [0.25, 0.3) is 0 Å².